The van der Waals surface area contributed by atoms with Gasteiger partial charge in [-0.15, -0.1) is 5.10 Å². The Morgan fingerprint density at radius 1 is 1.38 bits per heavy atom. The van der Waals surface area contributed by atoms with Crippen LogP contribution in [0.15, 0.2) is 21.0 Å². The average molecular weight is 294 g/mol. The molecule has 0 aromatic carbocycles. The number of hydrogen-bond donors (Lipinski definition) is 0. The van der Waals surface area contributed by atoms with E-state index < -0.39 is 10.8 Å². The van der Waals surface area contributed by atoms with Gasteiger partial charge in [0.2, 0.25) is 18.2 Å². The Balaban J connectivity index is 1.85. The fourth-order valence-electron chi connectivity index (χ4n) is 1.96. The molecule has 0 bridgehead atoms. The van der Waals surface area contributed by atoms with Crippen LogP contribution in [-0.4, -0.2) is 28.1 Å². The van der Waals surface area contributed by atoms with Crippen molar-refractivity contribution in [3.63, 3.8) is 0 Å². The van der Waals surface area contributed by atoms with Crippen LogP contribution in [0.4, 0.5) is 17.8 Å². The lowest BCUT2D eigenvalue weighted by molar-refractivity contribution is -0.401. The lowest BCUT2D eigenvalue weighted by Crippen LogP contribution is -2.13. The summed E-state index contributed by atoms with van der Waals surface area (Å²) in [5.74, 6) is -0.314. The molecule has 1 aliphatic rings. The maximum atomic E-state index is 11.2. The van der Waals surface area contributed by atoms with Crippen molar-refractivity contribution in [3.8, 4) is 0 Å². The predicted octanol–water partition coefficient (Wildman–Crippen LogP) is 1.72. The minimum atomic E-state index is -0.710. The van der Waals surface area contributed by atoms with Crippen LogP contribution in [0, 0.1) is 10.1 Å². The van der Waals surface area contributed by atoms with Crippen LogP contribution in [0.3, 0.4) is 0 Å². The molecule has 1 unspecified atom stereocenters. The van der Waals surface area contributed by atoms with Gasteiger partial charge in [0.1, 0.15) is 11.0 Å². The van der Waals surface area contributed by atoms with Crippen molar-refractivity contribution < 1.29 is 23.3 Å². The van der Waals surface area contributed by atoms with Crippen molar-refractivity contribution >= 4 is 24.2 Å². The number of amides is 1. The van der Waals surface area contributed by atoms with Crippen molar-refractivity contribution in [3.05, 3.63) is 28.1 Å². The van der Waals surface area contributed by atoms with Crippen molar-refractivity contribution in [1.29, 1.82) is 0 Å². The fraction of sp³-hybridized carbons (Fsp3) is 0.364. The standard InChI is InChI=1S/C11H10N4O6/c16-6-14(8-3-4-9(20-8)15(17)18)11-13-12-10(21-11)7-2-1-5-19-7/h3-4,6-7H,1-2,5H2. The SMILES string of the molecule is O=CN(c1ccc([N+](=O)[O-])o1)c1nnc(C2CCCO2)o1. The minimum absolute atomic E-state index is 0.0840. The van der Waals surface area contributed by atoms with Gasteiger partial charge >= 0.3 is 11.9 Å². The van der Waals surface area contributed by atoms with Gasteiger partial charge in [-0.1, -0.05) is 5.10 Å². The second-order valence-electron chi connectivity index (χ2n) is 4.27. The Morgan fingerprint density at radius 2 is 2.24 bits per heavy atom. The highest BCUT2D eigenvalue weighted by Crippen LogP contribution is 2.32. The lowest BCUT2D eigenvalue weighted by atomic mass is 10.2. The molecule has 2 aromatic heterocycles. The van der Waals surface area contributed by atoms with E-state index in [4.69, 9.17) is 13.6 Å². The van der Waals surface area contributed by atoms with Crippen LogP contribution in [0.2, 0.25) is 0 Å². The van der Waals surface area contributed by atoms with E-state index >= 15 is 0 Å². The van der Waals surface area contributed by atoms with Crippen molar-refractivity contribution in [1.82, 2.24) is 10.2 Å². The summed E-state index contributed by atoms with van der Waals surface area (Å²) in [6.45, 7) is 0.615. The lowest BCUT2D eigenvalue weighted by Gasteiger charge is -2.07. The summed E-state index contributed by atoms with van der Waals surface area (Å²) >= 11 is 0. The molecule has 110 valence electrons. The average Bonchev–Trinajstić information content (AvgIpc) is 3.21. The molecule has 0 radical (unpaired) electrons. The summed E-state index contributed by atoms with van der Waals surface area (Å²) in [6, 6.07) is 2.26. The Bertz CT molecular complexity index is 659. The first kappa shape index (κ1) is 13.2. The maximum absolute atomic E-state index is 11.2. The number of carbonyl (C=O) groups is 1. The van der Waals surface area contributed by atoms with E-state index in [9.17, 15) is 14.9 Å². The van der Waals surface area contributed by atoms with E-state index in [2.05, 4.69) is 10.2 Å². The molecule has 1 amide bonds. The van der Waals surface area contributed by atoms with E-state index in [1.54, 1.807) is 0 Å². The van der Waals surface area contributed by atoms with Gasteiger partial charge in [0.05, 0.1) is 6.07 Å². The van der Waals surface area contributed by atoms with E-state index in [0.29, 0.717) is 13.0 Å². The minimum Gasteiger partial charge on any atom is -0.404 e. The monoisotopic (exact) mass is 294 g/mol. The molecular weight excluding hydrogens is 284 g/mol. The Hall–Kier alpha value is -2.75. The Kier molecular flexibility index (Phi) is 3.36. The Labute approximate surface area is 117 Å². The fourth-order valence-corrected chi connectivity index (χ4v) is 1.96. The summed E-state index contributed by atoms with van der Waals surface area (Å²) in [6.07, 6.45) is 1.74. The summed E-state index contributed by atoms with van der Waals surface area (Å²) in [5.41, 5.74) is 0. The summed E-state index contributed by atoms with van der Waals surface area (Å²) in [4.78, 5) is 21.9. The second kappa shape index (κ2) is 5.32. The van der Waals surface area contributed by atoms with Crippen LogP contribution in [-0.2, 0) is 9.53 Å². The molecule has 10 heteroatoms. The summed E-state index contributed by atoms with van der Waals surface area (Å²) < 4.78 is 15.7. The van der Waals surface area contributed by atoms with Crippen LogP contribution in [0.25, 0.3) is 0 Å². The second-order valence-corrected chi connectivity index (χ2v) is 4.27. The zero-order valence-corrected chi connectivity index (χ0v) is 10.7. The first-order chi connectivity index (χ1) is 10.2. The van der Waals surface area contributed by atoms with Crippen LogP contribution in [0.1, 0.15) is 24.8 Å². The quantitative estimate of drug-likeness (QED) is 0.463. The largest absolute Gasteiger partial charge is 0.434 e. The van der Waals surface area contributed by atoms with Crippen LogP contribution >= 0.6 is 0 Å². The van der Waals surface area contributed by atoms with Gasteiger partial charge in [0.15, 0.2) is 0 Å². The Morgan fingerprint density at radius 3 is 2.86 bits per heavy atom. The number of aromatic nitrogens is 2. The van der Waals surface area contributed by atoms with Gasteiger partial charge < -0.3 is 13.6 Å². The third-order valence-corrected chi connectivity index (χ3v) is 2.94. The predicted molar refractivity (Wildman–Crippen MR) is 65.8 cm³/mol. The molecule has 3 rings (SSSR count). The normalized spacial score (nSPS) is 17.8. The van der Waals surface area contributed by atoms with E-state index in [1.165, 1.54) is 6.07 Å². The summed E-state index contributed by atoms with van der Waals surface area (Å²) in [7, 11) is 0. The molecule has 0 aliphatic carbocycles. The molecule has 21 heavy (non-hydrogen) atoms. The highest BCUT2D eigenvalue weighted by Gasteiger charge is 2.27. The molecule has 1 aliphatic heterocycles. The highest BCUT2D eigenvalue weighted by atomic mass is 16.6. The van der Waals surface area contributed by atoms with E-state index in [-0.39, 0.29) is 23.9 Å². The zero-order valence-electron chi connectivity index (χ0n) is 10.7. The third kappa shape index (κ3) is 2.48. The third-order valence-electron chi connectivity index (χ3n) is 2.94. The number of anilines is 2. The van der Waals surface area contributed by atoms with Crippen molar-refractivity contribution in [2.45, 2.75) is 18.9 Å². The maximum Gasteiger partial charge on any atom is 0.434 e. The summed E-state index contributed by atoms with van der Waals surface area (Å²) in [5, 5.41) is 18.1. The number of ether oxygens (including phenoxy) is 1. The van der Waals surface area contributed by atoms with Gasteiger partial charge in [-0.05, 0) is 12.8 Å². The number of carbonyl (C=O) groups excluding carboxylic acids is 1. The molecule has 0 saturated carbocycles. The van der Waals surface area contributed by atoms with Crippen LogP contribution < -0.4 is 4.90 Å². The topological polar surface area (TPSA) is 125 Å². The first-order valence-electron chi connectivity index (χ1n) is 6.13. The molecular formula is C11H10N4O6. The first-order valence-corrected chi connectivity index (χ1v) is 6.13. The molecule has 2 aromatic rings. The molecule has 3 heterocycles. The smallest absolute Gasteiger partial charge is 0.404 e. The number of hydrogen-bond acceptors (Lipinski definition) is 8. The molecule has 1 fully saturated rings. The van der Waals surface area contributed by atoms with Gasteiger partial charge in [-0.2, -0.15) is 0 Å². The number of furan rings is 1. The molecule has 0 N–H and O–H groups in total. The van der Waals surface area contributed by atoms with E-state index in [1.807, 2.05) is 0 Å². The van der Waals surface area contributed by atoms with Gasteiger partial charge in [-0.25, -0.2) is 4.90 Å². The van der Waals surface area contributed by atoms with Gasteiger partial charge in [0.25, 0.3) is 0 Å². The van der Waals surface area contributed by atoms with Crippen molar-refractivity contribution in [2.24, 2.45) is 0 Å². The number of rotatable bonds is 5. The molecule has 0 spiro atoms. The molecule has 1 atom stereocenters. The van der Waals surface area contributed by atoms with Gasteiger partial charge in [-0.3, -0.25) is 14.9 Å². The highest BCUT2D eigenvalue weighted by molar-refractivity contribution is 5.80. The molecule has 1 saturated heterocycles. The van der Waals surface area contributed by atoms with Gasteiger partial charge in [0, 0.05) is 12.7 Å². The number of nitro groups is 1. The number of nitrogens with zero attached hydrogens (tertiary/aromatic N) is 4. The molecule has 10 nitrogen and oxygen atoms in total. The zero-order chi connectivity index (χ0) is 14.8. The van der Waals surface area contributed by atoms with Crippen LogP contribution in [0.5, 0.6) is 0 Å². The van der Waals surface area contributed by atoms with E-state index in [0.717, 1.165) is 23.8 Å². The van der Waals surface area contributed by atoms with Crippen molar-refractivity contribution in [2.75, 3.05) is 11.5 Å².